The van der Waals surface area contributed by atoms with Crippen LogP contribution in [0.2, 0.25) is 0 Å². The number of ketones is 1. The average molecular weight is 202 g/mol. The fraction of sp³-hybridized carbons (Fsp3) is 0.417. The summed E-state index contributed by atoms with van der Waals surface area (Å²) < 4.78 is 0. The van der Waals surface area contributed by atoms with Crippen molar-refractivity contribution in [1.29, 1.82) is 0 Å². The van der Waals surface area contributed by atoms with Gasteiger partial charge in [0, 0.05) is 0 Å². The van der Waals surface area contributed by atoms with Crippen LogP contribution in [0.3, 0.4) is 0 Å². The lowest BCUT2D eigenvalue weighted by Gasteiger charge is -1.96. The smallest absolute Gasteiger partial charge is 0.175 e. The summed E-state index contributed by atoms with van der Waals surface area (Å²) >= 11 is 0. The molecule has 2 rings (SSSR count). The average Bonchev–Trinajstić information content (AvgIpc) is 2.42. The highest BCUT2D eigenvalue weighted by atomic mass is 16.1. The molecule has 3 nitrogen and oxygen atoms in total. The molecule has 3 heteroatoms. The van der Waals surface area contributed by atoms with Gasteiger partial charge in [0.05, 0.1) is 10.7 Å². The second-order valence-electron chi connectivity index (χ2n) is 3.74. The Morgan fingerprint density at radius 2 is 1.93 bits per heavy atom. The van der Waals surface area contributed by atoms with E-state index >= 15 is 0 Å². The van der Waals surface area contributed by atoms with Crippen LogP contribution in [0.5, 0.6) is 0 Å². The number of nitrogens with zero attached hydrogens (tertiary/aromatic N) is 2. The number of Topliss-reactive ketones (excluding diaryl/α,β-unsaturated/α-hetero) is 1. The normalized spacial score (nSPS) is 14.9. The molecular weight excluding hydrogens is 188 g/mol. The molecule has 1 aliphatic heterocycles. The van der Waals surface area contributed by atoms with Gasteiger partial charge in [-0.15, -0.1) is 0 Å². The molecule has 78 valence electrons. The van der Waals surface area contributed by atoms with Crippen molar-refractivity contribution in [3.63, 3.8) is 0 Å². The zero-order valence-electron chi connectivity index (χ0n) is 8.86. The molecule has 0 aromatic heterocycles. The van der Waals surface area contributed by atoms with Gasteiger partial charge < -0.3 is 0 Å². The van der Waals surface area contributed by atoms with E-state index < -0.39 is 0 Å². The van der Waals surface area contributed by atoms with Crippen LogP contribution >= 0.6 is 0 Å². The SMILES string of the molecule is CCCc1ccc2c(c1)=NCC(=O)CN=2. The van der Waals surface area contributed by atoms with E-state index in [4.69, 9.17) is 0 Å². The van der Waals surface area contributed by atoms with E-state index in [1.807, 2.05) is 12.1 Å². The van der Waals surface area contributed by atoms with Crippen molar-refractivity contribution in [2.24, 2.45) is 9.98 Å². The van der Waals surface area contributed by atoms with Crippen molar-refractivity contribution in [3.8, 4) is 0 Å². The van der Waals surface area contributed by atoms with E-state index in [2.05, 4.69) is 23.0 Å². The number of hydrogen-bond donors (Lipinski definition) is 0. The molecular formula is C12H14N2O. The van der Waals surface area contributed by atoms with Crippen molar-refractivity contribution in [1.82, 2.24) is 0 Å². The summed E-state index contributed by atoms with van der Waals surface area (Å²) in [7, 11) is 0. The van der Waals surface area contributed by atoms with E-state index in [1.165, 1.54) is 5.56 Å². The summed E-state index contributed by atoms with van der Waals surface area (Å²) in [5, 5.41) is 1.72. The number of fused-ring (bicyclic) bond motifs is 1. The van der Waals surface area contributed by atoms with Crippen molar-refractivity contribution >= 4 is 5.78 Å². The van der Waals surface area contributed by atoms with E-state index in [0.717, 1.165) is 23.6 Å². The third-order valence-electron chi connectivity index (χ3n) is 2.43. The molecule has 0 radical (unpaired) electrons. The number of benzene rings is 1. The minimum atomic E-state index is 0.0863. The summed E-state index contributed by atoms with van der Waals surface area (Å²) in [6, 6.07) is 6.07. The third kappa shape index (κ3) is 2.29. The Hall–Kier alpha value is -1.51. The fourth-order valence-corrected chi connectivity index (χ4v) is 1.67. The molecule has 0 aliphatic carbocycles. The molecule has 15 heavy (non-hydrogen) atoms. The van der Waals surface area contributed by atoms with Gasteiger partial charge in [0.1, 0.15) is 13.1 Å². The third-order valence-corrected chi connectivity index (χ3v) is 2.43. The fourth-order valence-electron chi connectivity index (χ4n) is 1.67. The first-order chi connectivity index (χ1) is 7.29. The minimum absolute atomic E-state index is 0.0863. The van der Waals surface area contributed by atoms with Crippen LogP contribution in [0.15, 0.2) is 28.2 Å². The van der Waals surface area contributed by atoms with Crippen LogP contribution < -0.4 is 10.7 Å². The van der Waals surface area contributed by atoms with Crippen LogP contribution in [0.4, 0.5) is 0 Å². The Kier molecular flexibility index (Phi) is 2.90. The van der Waals surface area contributed by atoms with Crippen molar-refractivity contribution in [2.75, 3.05) is 13.1 Å². The van der Waals surface area contributed by atoms with Gasteiger partial charge in [-0.05, 0) is 24.1 Å². The van der Waals surface area contributed by atoms with Gasteiger partial charge in [0.15, 0.2) is 5.78 Å². The number of aryl methyl sites for hydroxylation is 1. The Balaban J connectivity index is 2.49. The lowest BCUT2D eigenvalue weighted by molar-refractivity contribution is -0.116. The highest BCUT2D eigenvalue weighted by Gasteiger charge is 2.03. The summed E-state index contributed by atoms with van der Waals surface area (Å²) in [6.07, 6.45) is 2.17. The number of hydrogen-bond acceptors (Lipinski definition) is 3. The van der Waals surface area contributed by atoms with Crippen molar-refractivity contribution in [2.45, 2.75) is 19.8 Å². The van der Waals surface area contributed by atoms with Gasteiger partial charge in [0.25, 0.3) is 0 Å². The van der Waals surface area contributed by atoms with Gasteiger partial charge >= 0.3 is 0 Å². The zero-order valence-corrected chi connectivity index (χ0v) is 8.86. The highest BCUT2D eigenvalue weighted by Crippen LogP contribution is 1.97. The molecule has 0 spiro atoms. The Morgan fingerprint density at radius 1 is 1.20 bits per heavy atom. The number of rotatable bonds is 2. The summed E-state index contributed by atoms with van der Waals surface area (Å²) in [5.74, 6) is 0.0863. The topological polar surface area (TPSA) is 41.8 Å². The molecule has 0 saturated heterocycles. The van der Waals surface area contributed by atoms with Crippen LogP contribution in [0.1, 0.15) is 18.9 Å². The lowest BCUT2D eigenvalue weighted by Crippen LogP contribution is -2.25. The van der Waals surface area contributed by atoms with E-state index in [-0.39, 0.29) is 18.9 Å². The van der Waals surface area contributed by atoms with Gasteiger partial charge in [0.2, 0.25) is 0 Å². The first kappa shape index (κ1) is 10.0. The second kappa shape index (κ2) is 4.34. The molecule has 0 N–H and O–H groups in total. The number of carbonyl (C=O) groups excluding carboxylic acids is 1. The largest absolute Gasteiger partial charge is 0.296 e. The van der Waals surface area contributed by atoms with E-state index in [0.29, 0.717) is 0 Å². The minimum Gasteiger partial charge on any atom is -0.296 e. The molecule has 1 aliphatic rings. The molecule has 0 bridgehead atoms. The molecule has 0 unspecified atom stereocenters. The van der Waals surface area contributed by atoms with Crippen molar-refractivity contribution < 1.29 is 4.79 Å². The van der Waals surface area contributed by atoms with Crippen molar-refractivity contribution in [3.05, 3.63) is 34.5 Å². The molecule has 0 atom stereocenters. The Bertz CT molecular complexity index is 491. The first-order valence-electron chi connectivity index (χ1n) is 5.29. The first-order valence-corrected chi connectivity index (χ1v) is 5.29. The molecule has 0 saturated carbocycles. The van der Waals surface area contributed by atoms with Crippen LogP contribution in [-0.2, 0) is 11.2 Å². The Labute approximate surface area is 88.6 Å². The quantitative estimate of drug-likeness (QED) is 0.687. The molecule has 1 aromatic rings. The maximum atomic E-state index is 11.2. The zero-order chi connectivity index (χ0) is 10.7. The van der Waals surface area contributed by atoms with Crippen LogP contribution in [0.25, 0.3) is 0 Å². The van der Waals surface area contributed by atoms with E-state index in [1.54, 1.807) is 0 Å². The van der Waals surface area contributed by atoms with Gasteiger partial charge in [-0.3, -0.25) is 14.8 Å². The standard InChI is InChI=1S/C12H14N2O/c1-2-3-9-4-5-11-12(6-9)14-8-10(15)7-13-11/h4-6H,2-3,7-8H2,1H3. The predicted molar refractivity (Wildman–Crippen MR) is 57.5 cm³/mol. The summed E-state index contributed by atoms with van der Waals surface area (Å²) in [5.41, 5.74) is 1.27. The summed E-state index contributed by atoms with van der Waals surface area (Å²) in [4.78, 5) is 19.7. The lowest BCUT2D eigenvalue weighted by atomic mass is 10.1. The maximum absolute atomic E-state index is 11.2. The molecule has 0 amide bonds. The highest BCUT2D eigenvalue weighted by molar-refractivity contribution is 5.82. The monoisotopic (exact) mass is 202 g/mol. The maximum Gasteiger partial charge on any atom is 0.175 e. The van der Waals surface area contributed by atoms with Gasteiger partial charge in [-0.1, -0.05) is 19.4 Å². The van der Waals surface area contributed by atoms with E-state index in [9.17, 15) is 4.79 Å². The Morgan fingerprint density at radius 3 is 2.67 bits per heavy atom. The van der Waals surface area contributed by atoms with Crippen LogP contribution in [0, 0.1) is 0 Å². The summed E-state index contributed by atoms with van der Waals surface area (Å²) in [6.45, 7) is 2.69. The molecule has 1 heterocycles. The van der Waals surface area contributed by atoms with Crippen LogP contribution in [-0.4, -0.2) is 18.9 Å². The molecule has 1 aromatic carbocycles. The predicted octanol–water partition coefficient (Wildman–Crippen LogP) is 0.461. The number of carbonyl (C=O) groups is 1. The van der Waals surface area contributed by atoms with Gasteiger partial charge in [-0.25, -0.2) is 0 Å². The molecule has 0 fully saturated rings. The second-order valence-corrected chi connectivity index (χ2v) is 3.74. The van der Waals surface area contributed by atoms with Gasteiger partial charge in [-0.2, -0.15) is 0 Å².